The van der Waals surface area contributed by atoms with Gasteiger partial charge in [-0.1, -0.05) is 56.9 Å². The number of hydrogen-bond acceptors (Lipinski definition) is 1. The van der Waals surface area contributed by atoms with Crippen LogP contribution in [0, 0.1) is 28.8 Å². The zero-order chi connectivity index (χ0) is 22.7. The van der Waals surface area contributed by atoms with Gasteiger partial charge in [-0.05, 0) is 77.3 Å². The molecule has 0 spiro atoms. The number of halogens is 3. The maximum absolute atomic E-state index is 15.2. The summed E-state index contributed by atoms with van der Waals surface area (Å²) in [7, 11) is 0. The second-order valence-electron chi connectivity index (χ2n) is 8.52. The first-order valence-corrected chi connectivity index (χ1v) is 11.4. The Hall–Kier alpha value is -3.06. The Labute approximate surface area is 187 Å². The molecule has 0 atom stereocenters. The number of hydrogen-bond donors (Lipinski definition) is 0. The van der Waals surface area contributed by atoms with Crippen molar-refractivity contribution in [3.63, 3.8) is 0 Å². The molecule has 1 aliphatic carbocycles. The summed E-state index contributed by atoms with van der Waals surface area (Å²) >= 11 is 0. The van der Waals surface area contributed by atoms with Crippen molar-refractivity contribution < 1.29 is 13.2 Å². The molecule has 0 heterocycles. The normalized spacial score (nSPS) is 12.2. The number of rotatable bonds is 7. The molecule has 0 radical (unpaired) electrons. The van der Waals surface area contributed by atoms with Gasteiger partial charge in [0.25, 0.3) is 0 Å². The average Bonchev–Trinajstić information content (AvgIpc) is 2.80. The van der Waals surface area contributed by atoms with Crippen LogP contribution in [0.5, 0.6) is 0 Å². The van der Waals surface area contributed by atoms with Crippen LogP contribution in [0.4, 0.5) is 13.2 Å². The van der Waals surface area contributed by atoms with Crippen LogP contribution in [0.2, 0.25) is 0 Å². The third-order valence-electron chi connectivity index (χ3n) is 6.41. The quantitative estimate of drug-likeness (QED) is 0.347. The monoisotopic (exact) mass is 433 g/mol. The third kappa shape index (κ3) is 4.30. The van der Waals surface area contributed by atoms with Gasteiger partial charge >= 0.3 is 0 Å². The summed E-state index contributed by atoms with van der Waals surface area (Å²) in [4.78, 5) is 0. The van der Waals surface area contributed by atoms with Crippen molar-refractivity contribution in [3.05, 3.63) is 82.2 Å². The van der Waals surface area contributed by atoms with E-state index in [9.17, 15) is 8.78 Å². The average molecular weight is 434 g/mol. The zero-order valence-corrected chi connectivity index (χ0v) is 18.3. The van der Waals surface area contributed by atoms with E-state index in [1.165, 1.54) is 18.2 Å². The molecular formula is C28H26F3N. The van der Waals surface area contributed by atoms with Gasteiger partial charge in [0.2, 0.25) is 0 Å². The number of fused-ring (bicyclic) bond motifs is 3. The highest BCUT2D eigenvalue weighted by Crippen LogP contribution is 2.39. The molecule has 0 saturated heterocycles. The maximum atomic E-state index is 15.2. The fraction of sp³-hybridized carbons (Fsp3) is 0.321. The van der Waals surface area contributed by atoms with Crippen molar-refractivity contribution in [3.8, 4) is 28.3 Å². The lowest BCUT2D eigenvalue weighted by molar-refractivity contribution is 0.532. The minimum absolute atomic E-state index is 0.00718. The van der Waals surface area contributed by atoms with E-state index in [0.29, 0.717) is 36.0 Å². The number of nitriles is 1. The molecule has 0 saturated carbocycles. The van der Waals surface area contributed by atoms with Gasteiger partial charge in [0, 0.05) is 5.56 Å². The molecule has 0 N–H and O–H groups in total. The van der Waals surface area contributed by atoms with Crippen molar-refractivity contribution >= 4 is 0 Å². The smallest absolute Gasteiger partial charge is 0.141 e. The van der Waals surface area contributed by atoms with Crippen LogP contribution in [-0.4, -0.2) is 0 Å². The van der Waals surface area contributed by atoms with Gasteiger partial charge in [-0.25, -0.2) is 13.2 Å². The van der Waals surface area contributed by atoms with Crippen LogP contribution in [0.15, 0.2) is 42.5 Å². The van der Waals surface area contributed by atoms with Crippen molar-refractivity contribution in [2.75, 3.05) is 0 Å². The molecule has 0 aliphatic heterocycles. The fourth-order valence-electron chi connectivity index (χ4n) is 4.61. The van der Waals surface area contributed by atoms with Gasteiger partial charge in [-0.3, -0.25) is 0 Å². The van der Waals surface area contributed by atoms with E-state index in [0.717, 1.165) is 48.8 Å². The van der Waals surface area contributed by atoms with Crippen molar-refractivity contribution in [2.24, 2.45) is 0 Å². The highest BCUT2D eigenvalue weighted by atomic mass is 19.1. The summed E-state index contributed by atoms with van der Waals surface area (Å²) in [6.07, 6.45) is 6.79. The molecule has 3 aromatic rings. The van der Waals surface area contributed by atoms with E-state index in [1.54, 1.807) is 6.07 Å². The Kier molecular flexibility index (Phi) is 6.65. The number of nitrogens with zero attached hydrogens (tertiary/aromatic N) is 1. The summed E-state index contributed by atoms with van der Waals surface area (Å²) in [5.41, 5.74) is 4.75. The van der Waals surface area contributed by atoms with Crippen molar-refractivity contribution in [2.45, 2.75) is 58.3 Å². The topological polar surface area (TPSA) is 23.8 Å². The van der Waals surface area contributed by atoms with Crippen LogP contribution in [0.1, 0.15) is 61.3 Å². The second kappa shape index (κ2) is 9.61. The standard InChI is InChI=1S/C28H26F3N/c1-2-3-4-5-6-7-24-27(30)16-25-22-12-10-18(14-20(22)11-13-23(25)28(24)31)19-8-9-21(17-32)26(29)15-19/h8-10,12,14-16H,2-7,11,13H2,1H3. The summed E-state index contributed by atoms with van der Waals surface area (Å²) in [6.45, 7) is 2.15. The molecule has 4 heteroatoms. The van der Waals surface area contributed by atoms with E-state index < -0.39 is 11.6 Å². The van der Waals surface area contributed by atoms with E-state index in [2.05, 4.69) is 6.92 Å². The Morgan fingerprint density at radius 2 is 1.56 bits per heavy atom. The molecule has 3 aromatic carbocycles. The van der Waals surface area contributed by atoms with Crippen molar-refractivity contribution in [1.29, 1.82) is 5.26 Å². The van der Waals surface area contributed by atoms with Crippen LogP contribution >= 0.6 is 0 Å². The molecule has 4 rings (SSSR count). The number of benzene rings is 3. The Morgan fingerprint density at radius 1 is 0.812 bits per heavy atom. The van der Waals surface area contributed by atoms with E-state index in [4.69, 9.17) is 5.26 Å². The van der Waals surface area contributed by atoms with E-state index in [1.807, 2.05) is 24.3 Å². The Morgan fingerprint density at radius 3 is 2.31 bits per heavy atom. The van der Waals surface area contributed by atoms with Crippen LogP contribution in [0.25, 0.3) is 22.3 Å². The molecule has 0 amide bonds. The van der Waals surface area contributed by atoms with Gasteiger partial charge in [-0.15, -0.1) is 0 Å². The maximum Gasteiger partial charge on any atom is 0.141 e. The highest BCUT2D eigenvalue weighted by Gasteiger charge is 2.24. The van der Waals surface area contributed by atoms with Gasteiger partial charge in [0.05, 0.1) is 5.56 Å². The van der Waals surface area contributed by atoms with Crippen LogP contribution in [0.3, 0.4) is 0 Å². The Bertz CT molecular complexity index is 1190. The molecule has 1 aliphatic rings. The molecule has 0 fully saturated rings. The van der Waals surface area contributed by atoms with Crippen molar-refractivity contribution in [1.82, 2.24) is 0 Å². The second-order valence-corrected chi connectivity index (χ2v) is 8.52. The van der Waals surface area contributed by atoms with E-state index in [-0.39, 0.29) is 16.9 Å². The molecule has 32 heavy (non-hydrogen) atoms. The first-order chi connectivity index (χ1) is 15.5. The highest BCUT2D eigenvalue weighted by molar-refractivity contribution is 5.78. The molecular weight excluding hydrogens is 407 g/mol. The summed E-state index contributed by atoms with van der Waals surface area (Å²) < 4.78 is 44.1. The predicted octanol–water partition coefficient (Wildman–Crippen LogP) is 7.92. The zero-order valence-electron chi connectivity index (χ0n) is 18.3. The molecule has 164 valence electrons. The van der Waals surface area contributed by atoms with Gasteiger partial charge < -0.3 is 0 Å². The molecule has 0 unspecified atom stereocenters. The SMILES string of the molecule is CCCCCCCc1c(F)cc2c(c1F)CCc1cc(-c3ccc(C#N)c(F)c3)ccc1-2. The van der Waals surface area contributed by atoms with Gasteiger partial charge in [0.15, 0.2) is 0 Å². The molecule has 0 bridgehead atoms. The van der Waals surface area contributed by atoms with E-state index >= 15 is 4.39 Å². The third-order valence-corrected chi connectivity index (χ3v) is 6.41. The predicted molar refractivity (Wildman–Crippen MR) is 122 cm³/mol. The first-order valence-electron chi connectivity index (χ1n) is 11.4. The lowest BCUT2D eigenvalue weighted by Gasteiger charge is -2.23. The molecule has 1 nitrogen and oxygen atoms in total. The summed E-state index contributed by atoms with van der Waals surface area (Å²) in [6, 6.07) is 13.5. The minimum Gasteiger partial charge on any atom is -0.207 e. The van der Waals surface area contributed by atoms with Crippen LogP contribution < -0.4 is 0 Å². The minimum atomic E-state index is -0.556. The number of aryl methyl sites for hydroxylation is 1. The van der Waals surface area contributed by atoms with Gasteiger partial charge in [0.1, 0.15) is 23.5 Å². The van der Waals surface area contributed by atoms with Gasteiger partial charge in [-0.2, -0.15) is 5.26 Å². The molecule has 0 aromatic heterocycles. The van der Waals surface area contributed by atoms with Crippen LogP contribution in [-0.2, 0) is 19.3 Å². The lowest BCUT2D eigenvalue weighted by Crippen LogP contribution is -2.10. The first kappa shape index (κ1) is 22.1. The lowest BCUT2D eigenvalue weighted by atomic mass is 9.82. The summed E-state index contributed by atoms with van der Waals surface area (Å²) in [5.74, 6) is -1.42. The fourth-order valence-corrected chi connectivity index (χ4v) is 4.61. The number of unbranched alkanes of at least 4 members (excludes halogenated alkanes) is 4. The summed E-state index contributed by atoms with van der Waals surface area (Å²) in [5, 5.41) is 8.93. The largest absolute Gasteiger partial charge is 0.207 e. The Balaban J connectivity index is 1.63.